The number of amides is 1. The summed E-state index contributed by atoms with van der Waals surface area (Å²) < 4.78 is 30.7. The van der Waals surface area contributed by atoms with Gasteiger partial charge in [-0.3, -0.25) is 18.6 Å². The van der Waals surface area contributed by atoms with Gasteiger partial charge in [0.15, 0.2) is 0 Å². The molecule has 0 saturated carbocycles. The van der Waals surface area contributed by atoms with Crippen molar-refractivity contribution >= 4 is 19.7 Å². The number of rotatable bonds is 58. The molecule has 3 atom stereocenters. The lowest BCUT2D eigenvalue weighted by Gasteiger charge is -2.27. The van der Waals surface area contributed by atoms with Crippen LogP contribution in [-0.2, 0) is 27.9 Å². The van der Waals surface area contributed by atoms with E-state index in [4.69, 9.17) is 13.8 Å². The highest BCUT2D eigenvalue weighted by atomic mass is 31.2. The Hall–Kier alpha value is -2.81. The number of carbonyl (C=O) groups is 2. The molecule has 3 unspecified atom stereocenters. The summed E-state index contributed by atoms with van der Waals surface area (Å²) in [5.41, 5.74) is 0. The monoisotopic (exact) mass is 1110 g/mol. The van der Waals surface area contributed by atoms with Gasteiger partial charge in [-0.2, -0.15) is 0 Å². The molecule has 0 heterocycles. The highest BCUT2D eigenvalue weighted by molar-refractivity contribution is 7.47. The summed E-state index contributed by atoms with van der Waals surface area (Å²) in [5, 5.41) is 3.05. The topological polar surface area (TPSA) is 111 Å². The molecule has 0 fully saturated rings. The van der Waals surface area contributed by atoms with E-state index < -0.39 is 20.0 Å². The Kier molecular flexibility index (Phi) is 55.4. The summed E-state index contributed by atoms with van der Waals surface area (Å²) in [6, 6.07) is -0.869. The number of allylic oxidation sites excluding steroid dienone is 13. The Bertz CT molecular complexity index is 1610. The largest absolute Gasteiger partial charge is 0.472 e. The maximum absolute atomic E-state index is 13.6. The summed E-state index contributed by atoms with van der Waals surface area (Å²) in [6.07, 6.45) is 75.9. The van der Waals surface area contributed by atoms with E-state index in [2.05, 4.69) is 38.2 Å². The zero-order valence-corrected chi connectivity index (χ0v) is 52.5. The number of nitrogens with one attached hydrogen (secondary N) is 1. The minimum absolute atomic E-state index is 0.0304. The van der Waals surface area contributed by atoms with Crippen LogP contribution in [-0.4, -0.2) is 74.3 Å². The zero-order chi connectivity index (χ0) is 57.2. The molecular formula is C68H124N2O7P+. The number of esters is 1. The van der Waals surface area contributed by atoms with Crippen molar-refractivity contribution in [2.45, 2.75) is 296 Å². The van der Waals surface area contributed by atoms with Gasteiger partial charge in [0.25, 0.3) is 0 Å². The number of nitrogens with zero attached hydrogens (tertiary/aromatic N) is 1. The van der Waals surface area contributed by atoms with Crippen LogP contribution in [0.25, 0.3) is 0 Å². The fourth-order valence-electron chi connectivity index (χ4n) is 9.27. The van der Waals surface area contributed by atoms with Gasteiger partial charge in [-0.15, -0.1) is 0 Å². The molecule has 0 spiro atoms. The standard InChI is InChI=1S/C68H123N2O7P/c1-7-10-13-16-19-22-25-28-30-32-33-34-35-36-37-39-40-42-45-48-51-54-57-60-67(71)69-65(64-76-78(73,74)75-63-62-70(4,5)6)66(59-56-53-50-47-44-27-24-21-18-15-12-9-3)77-68(72)61-58-55-52-49-46-43-41-38-31-29-26-23-20-17-14-11-8-2/h11,14,17,20,23,26,29,31,38,41,43,46,56,59,65-66H,7-10,12-13,15-16,18-19,21-22,24-25,27-28,30,32-37,39-40,42,44-45,47-55,57-58,60-64H2,1-6H3,(H-,69,71,73,74)/p+1/b14-11-,20-17+,26-23+,31-29-,41-38+,46-43+,59-56+. The molecule has 0 bridgehead atoms. The summed E-state index contributed by atoms with van der Waals surface area (Å²) >= 11 is 0. The maximum Gasteiger partial charge on any atom is 0.472 e. The SMILES string of the molecule is CC\C=C/C=C/C=C/C=C\C=C\C=C\CCCCCC(=O)OC(/C=C/CCCCCCCCCCCC)C(COP(=O)(O)OCC[N+](C)(C)C)NC(=O)CCCCCCCCCCCCCCCCCCCCCCCCC. The van der Waals surface area contributed by atoms with Crippen molar-refractivity contribution in [1.82, 2.24) is 5.32 Å². The van der Waals surface area contributed by atoms with Gasteiger partial charge < -0.3 is 19.4 Å². The first-order valence-corrected chi connectivity index (χ1v) is 34.0. The first-order chi connectivity index (χ1) is 37.9. The van der Waals surface area contributed by atoms with Gasteiger partial charge in [0, 0.05) is 12.8 Å². The third-order valence-electron chi connectivity index (χ3n) is 14.3. The van der Waals surface area contributed by atoms with Gasteiger partial charge in [0.1, 0.15) is 19.3 Å². The molecule has 9 nitrogen and oxygen atoms in total. The van der Waals surface area contributed by atoms with Gasteiger partial charge in [0.05, 0.1) is 33.8 Å². The van der Waals surface area contributed by atoms with Crippen LogP contribution in [0.15, 0.2) is 85.1 Å². The van der Waals surface area contributed by atoms with E-state index >= 15 is 0 Å². The van der Waals surface area contributed by atoms with E-state index in [1.54, 1.807) is 0 Å². The van der Waals surface area contributed by atoms with E-state index in [1.807, 2.05) is 94.1 Å². The summed E-state index contributed by atoms with van der Waals surface area (Å²) in [4.78, 5) is 37.7. The molecule has 0 aliphatic carbocycles. The quantitative estimate of drug-likeness (QED) is 0.0156. The van der Waals surface area contributed by atoms with Crippen molar-refractivity contribution in [3.05, 3.63) is 85.1 Å². The smallest absolute Gasteiger partial charge is 0.456 e. The minimum atomic E-state index is -4.46. The molecular weight excluding hydrogens is 988 g/mol. The second kappa shape index (κ2) is 57.4. The van der Waals surface area contributed by atoms with Gasteiger partial charge in [-0.1, -0.05) is 305 Å². The molecule has 0 aliphatic rings. The highest BCUT2D eigenvalue weighted by Crippen LogP contribution is 2.43. The second-order valence-electron chi connectivity index (χ2n) is 23.1. The second-order valence-corrected chi connectivity index (χ2v) is 24.5. The van der Waals surface area contributed by atoms with Crippen LogP contribution < -0.4 is 5.32 Å². The van der Waals surface area contributed by atoms with Crippen molar-refractivity contribution in [2.24, 2.45) is 0 Å². The number of unbranched alkanes of at least 4 members (excludes halogenated alkanes) is 35. The number of quaternary nitrogens is 1. The van der Waals surface area contributed by atoms with Crippen molar-refractivity contribution < 1.29 is 37.3 Å². The normalized spacial score (nSPS) is 14.2. The molecule has 0 aromatic rings. The van der Waals surface area contributed by atoms with Crippen LogP contribution in [0.3, 0.4) is 0 Å². The van der Waals surface area contributed by atoms with Gasteiger partial charge in [-0.05, 0) is 51.0 Å². The van der Waals surface area contributed by atoms with E-state index in [0.29, 0.717) is 23.9 Å². The van der Waals surface area contributed by atoms with Crippen molar-refractivity contribution in [1.29, 1.82) is 0 Å². The van der Waals surface area contributed by atoms with E-state index in [1.165, 1.54) is 180 Å². The fourth-order valence-corrected chi connectivity index (χ4v) is 10.0. The van der Waals surface area contributed by atoms with Crippen LogP contribution in [0, 0.1) is 0 Å². The molecule has 1 amide bonds. The summed E-state index contributed by atoms with van der Waals surface area (Å²) in [6.45, 7) is 6.86. The lowest BCUT2D eigenvalue weighted by Crippen LogP contribution is -2.47. The van der Waals surface area contributed by atoms with Crippen LogP contribution in [0.2, 0.25) is 0 Å². The Balaban J connectivity index is 5.21. The Morgan fingerprint density at radius 1 is 0.462 bits per heavy atom. The number of carbonyl (C=O) groups excluding carboxylic acids is 2. The molecule has 2 N–H and O–H groups in total. The predicted octanol–water partition coefficient (Wildman–Crippen LogP) is 20.2. The predicted molar refractivity (Wildman–Crippen MR) is 337 cm³/mol. The Labute approximate surface area is 482 Å². The van der Waals surface area contributed by atoms with Gasteiger partial charge in [0.2, 0.25) is 5.91 Å². The number of ether oxygens (including phenoxy) is 1. The van der Waals surface area contributed by atoms with Crippen molar-refractivity contribution in [3.63, 3.8) is 0 Å². The van der Waals surface area contributed by atoms with Crippen LogP contribution >= 0.6 is 7.82 Å². The molecule has 452 valence electrons. The molecule has 0 saturated heterocycles. The first kappa shape index (κ1) is 75.2. The van der Waals surface area contributed by atoms with E-state index in [-0.39, 0.29) is 31.5 Å². The summed E-state index contributed by atoms with van der Waals surface area (Å²) in [5.74, 6) is -0.551. The molecule has 0 aliphatic heterocycles. The maximum atomic E-state index is 13.6. The van der Waals surface area contributed by atoms with Gasteiger partial charge in [-0.25, -0.2) is 4.57 Å². The number of hydrogen-bond donors (Lipinski definition) is 2. The minimum Gasteiger partial charge on any atom is -0.456 e. The lowest BCUT2D eigenvalue weighted by atomic mass is 10.0. The number of phosphoric ester groups is 1. The molecule has 0 radical (unpaired) electrons. The van der Waals surface area contributed by atoms with Crippen LogP contribution in [0.1, 0.15) is 284 Å². The average molecular weight is 1110 g/mol. The molecule has 0 aromatic heterocycles. The van der Waals surface area contributed by atoms with E-state index in [9.17, 15) is 19.0 Å². The van der Waals surface area contributed by atoms with Crippen molar-refractivity contribution in [3.8, 4) is 0 Å². The molecule has 0 aromatic carbocycles. The number of phosphoric acid groups is 1. The summed E-state index contributed by atoms with van der Waals surface area (Å²) in [7, 11) is 1.47. The first-order valence-electron chi connectivity index (χ1n) is 32.5. The third kappa shape index (κ3) is 57.9. The molecule has 0 rings (SSSR count). The molecule has 78 heavy (non-hydrogen) atoms. The Morgan fingerprint density at radius 2 is 0.821 bits per heavy atom. The van der Waals surface area contributed by atoms with Gasteiger partial charge >= 0.3 is 13.8 Å². The number of likely N-dealkylation sites (N-methyl/N-ethyl adjacent to an activating group) is 1. The Morgan fingerprint density at radius 3 is 1.24 bits per heavy atom. The van der Waals surface area contributed by atoms with Crippen molar-refractivity contribution in [2.75, 3.05) is 40.9 Å². The lowest BCUT2D eigenvalue weighted by molar-refractivity contribution is -0.870. The number of hydrogen-bond acceptors (Lipinski definition) is 6. The highest BCUT2D eigenvalue weighted by Gasteiger charge is 2.30. The van der Waals surface area contributed by atoms with E-state index in [0.717, 1.165) is 64.2 Å². The van der Waals surface area contributed by atoms with Crippen LogP contribution in [0.5, 0.6) is 0 Å². The zero-order valence-electron chi connectivity index (χ0n) is 51.6. The molecule has 10 heteroatoms. The average Bonchev–Trinajstić information content (AvgIpc) is 3.40. The third-order valence-corrected chi connectivity index (χ3v) is 15.2. The fraction of sp³-hybridized carbons (Fsp3) is 0.765. The van der Waals surface area contributed by atoms with Crippen LogP contribution in [0.4, 0.5) is 0 Å².